The first-order valence-electron chi connectivity index (χ1n) is 7.00. The largest absolute Gasteiger partial charge is 0.355 e. The van der Waals surface area contributed by atoms with Gasteiger partial charge in [0.2, 0.25) is 5.91 Å². The zero-order valence-electron chi connectivity index (χ0n) is 10.8. The molecular formula is C14H24BrNO. The molecule has 0 bridgehead atoms. The molecule has 2 fully saturated rings. The van der Waals surface area contributed by atoms with E-state index in [1.807, 2.05) is 0 Å². The molecule has 0 saturated heterocycles. The molecule has 0 aromatic carbocycles. The Bertz CT molecular complexity index is 273. The van der Waals surface area contributed by atoms with Crippen LogP contribution in [0.2, 0.25) is 0 Å². The highest BCUT2D eigenvalue weighted by molar-refractivity contribution is 9.09. The van der Waals surface area contributed by atoms with Crippen molar-refractivity contribution in [2.24, 2.45) is 17.3 Å². The number of rotatable bonds is 4. The van der Waals surface area contributed by atoms with Gasteiger partial charge in [-0.2, -0.15) is 0 Å². The van der Waals surface area contributed by atoms with Crippen molar-refractivity contribution in [1.82, 2.24) is 5.32 Å². The van der Waals surface area contributed by atoms with Gasteiger partial charge in [-0.1, -0.05) is 42.1 Å². The van der Waals surface area contributed by atoms with Gasteiger partial charge in [0.15, 0.2) is 0 Å². The summed E-state index contributed by atoms with van der Waals surface area (Å²) >= 11 is 3.59. The summed E-state index contributed by atoms with van der Waals surface area (Å²) in [5.41, 5.74) is -0.0670. The molecule has 17 heavy (non-hydrogen) atoms. The molecule has 0 radical (unpaired) electrons. The maximum Gasteiger partial charge on any atom is 0.225 e. The molecule has 2 nitrogen and oxygen atoms in total. The van der Waals surface area contributed by atoms with Gasteiger partial charge >= 0.3 is 0 Å². The van der Waals surface area contributed by atoms with E-state index in [0.29, 0.717) is 11.8 Å². The Hall–Kier alpha value is -0.0500. The molecule has 0 aromatic rings. The van der Waals surface area contributed by atoms with Gasteiger partial charge < -0.3 is 5.32 Å². The normalized spacial score (nSPS) is 31.6. The number of nitrogens with one attached hydrogen (secondary N) is 1. The lowest BCUT2D eigenvalue weighted by molar-refractivity contribution is -0.130. The highest BCUT2D eigenvalue weighted by Gasteiger charge is 2.36. The van der Waals surface area contributed by atoms with Crippen molar-refractivity contribution < 1.29 is 4.79 Å². The summed E-state index contributed by atoms with van der Waals surface area (Å²) in [6.45, 7) is 3.02. The second-order valence-corrected chi connectivity index (χ2v) is 6.73. The fourth-order valence-electron chi connectivity index (χ4n) is 3.41. The summed E-state index contributed by atoms with van der Waals surface area (Å²) in [6.07, 6.45) is 8.52. The third-order valence-electron chi connectivity index (χ3n) is 4.79. The number of alkyl halides is 1. The molecule has 2 aliphatic rings. The van der Waals surface area contributed by atoms with Gasteiger partial charge in [0.25, 0.3) is 0 Å². The van der Waals surface area contributed by atoms with Gasteiger partial charge in [-0.05, 0) is 37.5 Å². The first kappa shape index (κ1) is 13.4. The Kier molecular flexibility index (Phi) is 4.51. The summed E-state index contributed by atoms with van der Waals surface area (Å²) in [6, 6.07) is 0. The molecule has 2 rings (SSSR count). The molecule has 0 aromatic heterocycles. The van der Waals surface area contributed by atoms with E-state index in [1.165, 1.54) is 32.1 Å². The van der Waals surface area contributed by atoms with Gasteiger partial charge in [0, 0.05) is 17.3 Å². The zero-order valence-corrected chi connectivity index (χ0v) is 12.4. The quantitative estimate of drug-likeness (QED) is 0.791. The van der Waals surface area contributed by atoms with Crippen LogP contribution in [0.5, 0.6) is 0 Å². The number of hydrogen-bond donors (Lipinski definition) is 1. The molecule has 0 heterocycles. The smallest absolute Gasteiger partial charge is 0.225 e. The van der Waals surface area contributed by atoms with E-state index in [0.717, 1.165) is 30.6 Å². The second-order valence-electron chi connectivity index (χ2n) is 6.08. The monoisotopic (exact) mass is 301 g/mol. The topological polar surface area (TPSA) is 29.1 Å². The van der Waals surface area contributed by atoms with Crippen LogP contribution in [0.3, 0.4) is 0 Å². The lowest BCUT2D eigenvalue weighted by Crippen LogP contribution is -2.40. The average molecular weight is 302 g/mol. The maximum absolute atomic E-state index is 12.2. The summed E-state index contributed by atoms with van der Waals surface area (Å²) < 4.78 is 0. The van der Waals surface area contributed by atoms with Gasteiger partial charge in [-0.15, -0.1) is 0 Å². The van der Waals surface area contributed by atoms with E-state index in [1.54, 1.807) is 0 Å². The van der Waals surface area contributed by atoms with Gasteiger partial charge in [-0.3, -0.25) is 4.79 Å². The third-order valence-corrected chi connectivity index (χ3v) is 5.63. The number of halogens is 1. The van der Waals surface area contributed by atoms with Crippen molar-refractivity contribution >= 4 is 21.8 Å². The highest BCUT2D eigenvalue weighted by atomic mass is 79.9. The molecule has 1 N–H and O–H groups in total. The van der Waals surface area contributed by atoms with Crippen molar-refractivity contribution in [3.05, 3.63) is 0 Å². The van der Waals surface area contributed by atoms with Crippen LogP contribution < -0.4 is 5.32 Å². The summed E-state index contributed by atoms with van der Waals surface area (Å²) in [5, 5.41) is 4.30. The van der Waals surface area contributed by atoms with Crippen LogP contribution in [-0.4, -0.2) is 17.8 Å². The van der Waals surface area contributed by atoms with E-state index in [9.17, 15) is 4.79 Å². The van der Waals surface area contributed by atoms with Crippen molar-refractivity contribution in [2.75, 3.05) is 11.9 Å². The molecule has 0 spiro atoms. The molecule has 3 heteroatoms. The maximum atomic E-state index is 12.2. The van der Waals surface area contributed by atoms with Crippen LogP contribution in [0.4, 0.5) is 0 Å². The molecule has 2 aliphatic carbocycles. The highest BCUT2D eigenvalue weighted by Crippen LogP contribution is 2.38. The van der Waals surface area contributed by atoms with Crippen LogP contribution in [0.25, 0.3) is 0 Å². The average Bonchev–Trinajstić information content (AvgIpc) is 2.95. The predicted octanol–water partition coefficient (Wildman–Crippen LogP) is 3.49. The predicted molar refractivity (Wildman–Crippen MR) is 74.2 cm³/mol. The Morgan fingerprint density at radius 3 is 2.53 bits per heavy atom. The first-order valence-corrected chi connectivity index (χ1v) is 8.12. The fraction of sp³-hybridized carbons (Fsp3) is 0.929. The van der Waals surface area contributed by atoms with Crippen LogP contribution in [-0.2, 0) is 4.79 Å². The SMILES string of the molecule is CC1(C(=O)NCC2CCCC2CBr)CCCC1. The zero-order chi connectivity index (χ0) is 12.3. The minimum atomic E-state index is -0.0670. The Labute approximate surface area is 113 Å². The molecule has 1 amide bonds. The van der Waals surface area contributed by atoms with Crippen LogP contribution in [0.1, 0.15) is 51.9 Å². The Morgan fingerprint density at radius 2 is 1.88 bits per heavy atom. The summed E-state index contributed by atoms with van der Waals surface area (Å²) in [5.74, 6) is 1.77. The van der Waals surface area contributed by atoms with Crippen LogP contribution >= 0.6 is 15.9 Å². The van der Waals surface area contributed by atoms with Gasteiger partial charge in [0.05, 0.1) is 0 Å². The minimum absolute atomic E-state index is 0.0670. The Balaban J connectivity index is 1.79. The standard InChI is InChI=1S/C14H24BrNO/c1-14(7-2-3-8-14)13(17)16-10-12-6-4-5-11(12)9-15/h11-12H,2-10H2,1H3,(H,16,17). The fourth-order valence-corrected chi connectivity index (χ4v) is 4.26. The van der Waals surface area contributed by atoms with E-state index < -0.39 is 0 Å². The second kappa shape index (κ2) is 5.73. The van der Waals surface area contributed by atoms with Crippen molar-refractivity contribution in [2.45, 2.75) is 51.9 Å². The van der Waals surface area contributed by atoms with Crippen molar-refractivity contribution in [1.29, 1.82) is 0 Å². The molecule has 2 saturated carbocycles. The minimum Gasteiger partial charge on any atom is -0.355 e. The molecule has 2 unspecified atom stereocenters. The number of carbonyl (C=O) groups excluding carboxylic acids is 1. The van der Waals surface area contributed by atoms with Crippen LogP contribution in [0, 0.1) is 17.3 Å². The lowest BCUT2D eigenvalue weighted by Gasteiger charge is -2.25. The summed E-state index contributed by atoms with van der Waals surface area (Å²) in [7, 11) is 0. The molecule has 98 valence electrons. The Morgan fingerprint density at radius 1 is 1.24 bits per heavy atom. The number of amides is 1. The molecule has 2 atom stereocenters. The van der Waals surface area contributed by atoms with E-state index in [-0.39, 0.29) is 5.41 Å². The van der Waals surface area contributed by atoms with E-state index >= 15 is 0 Å². The van der Waals surface area contributed by atoms with Gasteiger partial charge in [0.1, 0.15) is 0 Å². The number of carbonyl (C=O) groups is 1. The van der Waals surface area contributed by atoms with Crippen LogP contribution in [0.15, 0.2) is 0 Å². The van der Waals surface area contributed by atoms with Crippen molar-refractivity contribution in [3.8, 4) is 0 Å². The van der Waals surface area contributed by atoms with Gasteiger partial charge in [-0.25, -0.2) is 0 Å². The molecular weight excluding hydrogens is 278 g/mol. The summed E-state index contributed by atoms with van der Waals surface area (Å²) in [4.78, 5) is 12.2. The lowest BCUT2D eigenvalue weighted by atomic mass is 9.87. The van der Waals surface area contributed by atoms with E-state index in [4.69, 9.17) is 0 Å². The first-order chi connectivity index (χ1) is 8.15. The van der Waals surface area contributed by atoms with E-state index in [2.05, 4.69) is 28.2 Å². The number of hydrogen-bond acceptors (Lipinski definition) is 1. The molecule has 0 aliphatic heterocycles. The van der Waals surface area contributed by atoms with Crippen molar-refractivity contribution in [3.63, 3.8) is 0 Å². The third kappa shape index (κ3) is 3.04.